The maximum absolute atomic E-state index is 13.0. The standard InChI is InChI=1S/C21H26N6O4/c28-16(27-5-7-31-8-6-27)11-24-21(30)17(13-3-4-13)26-20(29)14-9-22-19-18(14)25-15(10-23-19)12-1-2-12/h9-10,12-13,17H,1-8,11H2,(H,22,23)(H,24,30)(H,26,29). The normalized spacial score (nSPS) is 19.8. The second kappa shape index (κ2) is 8.26. The number of hydrogen-bond acceptors (Lipinski definition) is 6. The molecular formula is C21H26N6O4. The SMILES string of the molecule is O=C(NC(C(=O)NCC(=O)N1CCOCC1)C1CC1)c1c[nH]c2ncc(C3CC3)nc12. The number of H-pyrrole nitrogens is 1. The zero-order valence-corrected chi connectivity index (χ0v) is 17.2. The number of rotatable bonds is 7. The van der Waals surface area contributed by atoms with Crippen molar-refractivity contribution in [3.05, 3.63) is 23.7 Å². The minimum atomic E-state index is -0.672. The molecule has 31 heavy (non-hydrogen) atoms. The average molecular weight is 426 g/mol. The molecule has 1 saturated heterocycles. The van der Waals surface area contributed by atoms with E-state index in [1.54, 1.807) is 17.3 Å². The third-order valence-corrected chi connectivity index (χ3v) is 6.08. The Kier molecular flexibility index (Phi) is 5.31. The first-order valence-electron chi connectivity index (χ1n) is 10.9. The van der Waals surface area contributed by atoms with Crippen LogP contribution >= 0.6 is 0 Å². The maximum Gasteiger partial charge on any atom is 0.255 e. The topological polar surface area (TPSA) is 129 Å². The van der Waals surface area contributed by atoms with E-state index in [4.69, 9.17) is 4.74 Å². The van der Waals surface area contributed by atoms with Crippen molar-refractivity contribution < 1.29 is 19.1 Å². The molecule has 10 nitrogen and oxygen atoms in total. The maximum atomic E-state index is 13.0. The number of carbonyl (C=O) groups is 3. The second-order valence-electron chi connectivity index (χ2n) is 8.47. The molecule has 2 aromatic heterocycles. The summed E-state index contributed by atoms with van der Waals surface area (Å²) in [5.74, 6) is -0.323. The predicted octanol–water partition coefficient (Wildman–Crippen LogP) is 0.319. The third kappa shape index (κ3) is 4.39. The summed E-state index contributed by atoms with van der Waals surface area (Å²) in [4.78, 5) is 51.7. The molecule has 3 fully saturated rings. The summed E-state index contributed by atoms with van der Waals surface area (Å²) in [6.45, 7) is 2.00. The number of nitrogens with zero attached hydrogens (tertiary/aromatic N) is 3. The van der Waals surface area contributed by atoms with E-state index >= 15 is 0 Å². The lowest BCUT2D eigenvalue weighted by molar-refractivity contribution is -0.136. The van der Waals surface area contributed by atoms with Crippen LogP contribution in [0.15, 0.2) is 12.4 Å². The highest BCUT2D eigenvalue weighted by Crippen LogP contribution is 2.39. The van der Waals surface area contributed by atoms with Gasteiger partial charge in [-0.1, -0.05) is 0 Å². The fraction of sp³-hybridized carbons (Fsp3) is 0.571. The lowest BCUT2D eigenvalue weighted by Gasteiger charge is -2.27. The summed E-state index contributed by atoms with van der Waals surface area (Å²) >= 11 is 0. The smallest absolute Gasteiger partial charge is 0.255 e. The summed E-state index contributed by atoms with van der Waals surface area (Å²) in [6, 6.07) is -0.672. The molecule has 10 heteroatoms. The van der Waals surface area contributed by atoms with Crippen molar-refractivity contribution in [2.75, 3.05) is 32.8 Å². The molecule has 1 aliphatic heterocycles. The molecule has 1 unspecified atom stereocenters. The Hall–Kier alpha value is -3.01. The highest BCUT2D eigenvalue weighted by molar-refractivity contribution is 6.06. The summed E-state index contributed by atoms with van der Waals surface area (Å²) < 4.78 is 5.25. The van der Waals surface area contributed by atoms with E-state index in [0.29, 0.717) is 48.9 Å². The molecule has 3 aliphatic rings. The predicted molar refractivity (Wildman–Crippen MR) is 110 cm³/mol. The molecule has 2 aliphatic carbocycles. The van der Waals surface area contributed by atoms with Crippen molar-refractivity contribution in [1.29, 1.82) is 0 Å². The van der Waals surface area contributed by atoms with Crippen LogP contribution in [-0.2, 0) is 14.3 Å². The van der Waals surface area contributed by atoms with Gasteiger partial charge in [-0.25, -0.2) is 9.97 Å². The van der Waals surface area contributed by atoms with Gasteiger partial charge in [0.2, 0.25) is 11.8 Å². The Balaban J connectivity index is 1.24. The first kappa shape index (κ1) is 19.9. The van der Waals surface area contributed by atoms with Gasteiger partial charge in [0.15, 0.2) is 5.65 Å². The van der Waals surface area contributed by atoms with E-state index < -0.39 is 6.04 Å². The van der Waals surface area contributed by atoms with E-state index in [0.717, 1.165) is 31.4 Å². The van der Waals surface area contributed by atoms with Gasteiger partial charge in [0.25, 0.3) is 5.91 Å². The zero-order chi connectivity index (χ0) is 21.4. The highest BCUT2D eigenvalue weighted by atomic mass is 16.5. The Bertz CT molecular complexity index is 1010. The van der Waals surface area contributed by atoms with Gasteiger partial charge in [0, 0.05) is 25.2 Å². The molecule has 164 valence electrons. The molecule has 0 bridgehead atoms. The number of hydrogen-bond donors (Lipinski definition) is 3. The lowest BCUT2D eigenvalue weighted by atomic mass is 10.1. The van der Waals surface area contributed by atoms with E-state index in [1.807, 2.05) is 0 Å². The molecule has 0 radical (unpaired) electrons. The highest BCUT2D eigenvalue weighted by Gasteiger charge is 2.38. The van der Waals surface area contributed by atoms with E-state index in [1.165, 1.54) is 0 Å². The Labute approximate surface area is 179 Å². The number of amides is 3. The van der Waals surface area contributed by atoms with Crippen LogP contribution in [0, 0.1) is 5.92 Å². The van der Waals surface area contributed by atoms with E-state index in [-0.39, 0.29) is 30.2 Å². The van der Waals surface area contributed by atoms with Crippen LogP contribution in [0.5, 0.6) is 0 Å². The number of aromatic amines is 1. The fourth-order valence-electron chi connectivity index (χ4n) is 3.90. The molecule has 2 aromatic rings. The minimum Gasteiger partial charge on any atom is -0.378 e. The van der Waals surface area contributed by atoms with Crippen molar-refractivity contribution in [3.8, 4) is 0 Å². The zero-order valence-electron chi connectivity index (χ0n) is 17.2. The number of nitrogens with one attached hydrogen (secondary N) is 3. The van der Waals surface area contributed by atoms with Gasteiger partial charge in [-0.2, -0.15) is 0 Å². The van der Waals surface area contributed by atoms with Gasteiger partial charge in [0.05, 0.1) is 37.2 Å². The van der Waals surface area contributed by atoms with Crippen LogP contribution in [0.25, 0.3) is 11.2 Å². The van der Waals surface area contributed by atoms with Crippen LogP contribution in [-0.4, -0.2) is 76.5 Å². The van der Waals surface area contributed by atoms with Crippen molar-refractivity contribution in [3.63, 3.8) is 0 Å². The van der Waals surface area contributed by atoms with Crippen molar-refractivity contribution >= 4 is 28.9 Å². The van der Waals surface area contributed by atoms with Crippen LogP contribution in [0.2, 0.25) is 0 Å². The molecular weight excluding hydrogens is 400 g/mol. The lowest BCUT2D eigenvalue weighted by Crippen LogP contribution is -2.51. The third-order valence-electron chi connectivity index (χ3n) is 6.08. The van der Waals surface area contributed by atoms with Gasteiger partial charge >= 0.3 is 0 Å². The molecule has 0 aromatic carbocycles. The number of ether oxygens (including phenoxy) is 1. The molecule has 3 heterocycles. The molecule has 3 N–H and O–H groups in total. The Morgan fingerprint density at radius 2 is 1.97 bits per heavy atom. The fourth-order valence-corrected chi connectivity index (χ4v) is 3.90. The number of fused-ring (bicyclic) bond motifs is 1. The first-order valence-corrected chi connectivity index (χ1v) is 10.9. The largest absolute Gasteiger partial charge is 0.378 e. The molecule has 1 atom stereocenters. The Morgan fingerprint density at radius 1 is 1.19 bits per heavy atom. The molecule has 2 saturated carbocycles. The van der Waals surface area contributed by atoms with Crippen molar-refractivity contribution in [1.82, 2.24) is 30.5 Å². The quantitative estimate of drug-likeness (QED) is 0.585. The molecule has 5 rings (SSSR count). The summed E-state index contributed by atoms with van der Waals surface area (Å²) in [5, 5.41) is 5.56. The number of aromatic nitrogens is 3. The summed E-state index contributed by atoms with van der Waals surface area (Å²) in [5.41, 5.74) is 2.37. The number of morpholine rings is 1. The van der Waals surface area contributed by atoms with Crippen LogP contribution in [0.4, 0.5) is 0 Å². The minimum absolute atomic E-state index is 0.0821. The van der Waals surface area contributed by atoms with Gasteiger partial charge < -0.3 is 25.3 Å². The van der Waals surface area contributed by atoms with Crippen LogP contribution < -0.4 is 10.6 Å². The van der Waals surface area contributed by atoms with Gasteiger partial charge in [0.1, 0.15) is 11.6 Å². The van der Waals surface area contributed by atoms with Crippen LogP contribution in [0.1, 0.15) is 47.7 Å². The van der Waals surface area contributed by atoms with E-state index in [9.17, 15) is 14.4 Å². The summed E-state index contributed by atoms with van der Waals surface area (Å²) in [6.07, 6.45) is 7.27. The van der Waals surface area contributed by atoms with Gasteiger partial charge in [-0.15, -0.1) is 0 Å². The van der Waals surface area contributed by atoms with Crippen LogP contribution in [0.3, 0.4) is 0 Å². The van der Waals surface area contributed by atoms with Crippen molar-refractivity contribution in [2.24, 2.45) is 5.92 Å². The monoisotopic (exact) mass is 426 g/mol. The van der Waals surface area contributed by atoms with Crippen molar-refractivity contribution in [2.45, 2.75) is 37.6 Å². The Morgan fingerprint density at radius 3 is 2.68 bits per heavy atom. The molecule has 3 amide bonds. The van der Waals surface area contributed by atoms with E-state index in [2.05, 4.69) is 25.6 Å². The summed E-state index contributed by atoms with van der Waals surface area (Å²) in [7, 11) is 0. The molecule has 0 spiro atoms. The number of carbonyl (C=O) groups excluding carboxylic acids is 3. The van der Waals surface area contributed by atoms with Gasteiger partial charge in [-0.05, 0) is 31.6 Å². The second-order valence-corrected chi connectivity index (χ2v) is 8.47. The van der Waals surface area contributed by atoms with Gasteiger partial charge in [-0.3, -0.25) is 14.4 Å². The first-order chi connectivity index (χ1) is 15.1. The average Bonchev–Trinajstić information content (AvgIpc) is 3.72.